The molecule has 1 fully saturated rings. The quantitative estimate of drug-likeness (QED) is 0.728. The van der Waals surface area contributed by atoms with E-state index in [1.807, 2.05) is 0 Å². The van der Waals surface area contributed by atoms with Gasteiger partial charge in [0.2, 0.25) is 0 Å². The van der Waals surface area contributed by atoms with E-state index in [2.05, 4.69) is 42.2 Å². The highest BCUT2D eigenvalue weighted by molar-refractivity contribution is 6.17. The lowest BCUT2D eigenvalue weighted by molar-refractivity contribution is 0.416. The van der Waals surface area contributed by atoms with Crippen molar-refractivity contribution in [3.8, 4) is 0 Å². The fourth-order valence-corrected chi connectivity index (χ4v) is 3.67. The fraction of sp³-hybridized carbons (Fsp3) is 0.500. The molecule has 1 heterocycles. The van der Waals surface area contributed by atoms with Gasteiger partial charge in [-0.25, -0.2) is 4.98 Å². The third-order valence-electron chi connectivity index (χ3n) is 4.55. The van der Waals surface area contributed by atoms with Crippen molar-refractivity contribution in [1.29, 1.82) is 0 Å². The average molecular weight is 303 g/mol. The van der Waals surface area contributed by atoms with Crippen molar-refractivity contribution in [2.24, 2.45) is 0 Å². The summed E-state index contributed by atoms with van der Waals surface area (Å²) in [6, 6.07) is 11.1. The molecule has 0 spiro atoms. The zero-order valence-corrected chi connectivity index (χ0v) is 13.4. The highest BCUT2D eigenvalue weighted by atomic mass is 35.5. The second kappa shape index (κ2) is 6.65. The van der Waals surface area contributed by atoms with Crippen LogP contribution in [0.4, 0.5) is 5.82 Å². The summed E-state index contributed by atoms with van der Waals surface area (Å²) in [4.78, 5) is 7.41. The van der Waals surface area contributed by atoms with E-state index < -0.39 is 0 Å². The molecular weight excluding hydrogens is 280 g/mol. The van der Waals surface area contributed by atoms with Gasteiger partial charge in [0.25, 0.3) is 0 Å². The van der Waals surface area contributed by atoms with Crippen LogP contribution in [0.15, 0.2) is 30.3 Å². The lowest BCUT2D eigenvalue weighted by atomic mass is 9.94. The lowest BCUT2D eigenvalue weighted by Gasteiger charge is -2.35. The van der Waals surface area contributed by atoms with Gasteiger partial charge in [-0.1, -0.05) is 37.5 Å². The molecule has 1 aliphatic carbocycles. The monoisotopic (exact) mass is 302 g/mol. The van der Waals surface area contributed by atoms with Gasteiger partial charge in [-0.05, 0) is 31.9 Å². The molecule has 0 bridgehead atoms. The number of pyridine rings is 1. The van der Waals surface area contributed by atoms with Gasteiger partial charge in [0, 0.05) is 23.5 Å². The SMILES string of the molecule is CCN(c1nc2ccccc2cc1CCl)C1CCCCC1. The van der Waals surface area contributed by atoms with Gasteiger partial charge in [0.05, 0.1) is 11.4 Å². The molecule has 0 radical (unpaired) electrons. The van der Waals surface area contributed by atoms with Crippen molar-refractivity contribution in [1.82, 2.24) is 4.98 Å². The molecule has 3 heteroatoms. The molecule has 1 aromatic heterocycles. The molecule has 2 nitrogen and oxygen atoms in total. The summed E-state index contributed by atoms with van der Waals surface area (Å²) >= 11 is 6.21. The third kappa shape index (κ3) is 3.01. The first-order valence-electron chi connectivity index (χ1n) is 8.04. The van der Waals surface area contributed by atoms with Crippen LogP contribution in [-0.2, 0) is 5.88 Å². The van der Waals surface area contributed by atoms with Crippen molar-refractivity contribution in [2.75, 3.05) is 11.4 Å². The molecule has 1 aromatic carbocycles. The summed E-state index contributed by atoms with van der Waals surface area (Å²) in [5, 5.41) is 1.18. The van der Waals surface area contributed by atoms with Gasteiger partial charge in [-0.2, -0.15) is 0 Å². The number of nitrogens with zero attached hydrogens (tertiary/aromatic N) is 2. The number of benzene rings is 1. The molecule has 2 aromatic rings. The van der Waals surface area contributed by atoms with E-state index in [4.69, 9.17) is 16.6 Å². The van der Waals surface area contributed by atoms with E-state index in [1.165, 1.54) is 37.5 Å². The summed E-state index contributed by atoms with van der Waals surface area (Å²) < 4.78 is 0. The molecule has 21 heavy (non-hydrogen) atoms. The van der Waals surface area contributed by atoms with Gasteiger partial charge < -0.3 is 4.90 Å². The van der Waals surface area contributed by atoms with Gasteiger partial charge in [0.15, 0.2) is 0 Å². The number of aromatic nitrogens is 1. The zero-order chi connectivity index (χ0) is 14.7. The minimum absolute atomic E-state index is 0.524. The largest absolute Gasteiger partial charge is 0.354 e. The Morgan fingerprint density at radius 3 is 2.67 bits per heavy atom. The number of fused-ring (bicyclic) bond motifs is 1. The Kier molecular flexibility index (Phi) is 4.64. The third-order valence-corrected chi connectivity index (χ3v) is 4.84. The summed E-state index contributed by atoms with van der Waals surface area (Å²) in [5.74, 6) is 1.62. The van der Waals surface area contributed by atoms with Crippen molar-refractivity contribution < 1.29 is 0 Å². The van der Waals surface area contributed by atoms with Crippen LogP contribution >= 0.6 is 11.6 Å². The minimum atomic E-state index is 0.524. The Balaban J connectivity index is 2.03. The second-order valence-electron chi connectivity index (χ2n) is 5.88. The maximum atomic E-state index is 6.21. The first-order chi connectivity index (χ1) is 10.3. The Bertz CT molecular complexity index is 605. The summed E-state index contributed by atoms with van der Waals surface area (Å²) in [5.41, 5.74) is 2.22. The van der Waals surface area contributed by atoms with Crippen LogP contribution in [0.5, 0.6) is 0 Å². The van der Waals surface area contributed by atoms with Crippen molar-refractivity contribution >= 4 is 28.3 Å². The zero-order valence-electron chi connectivity index (χ0n) is 12.7. The molecule has 0 N–H and O–H groups in total. The number of hydrogen-bond acceptors (Lipinski definition) is 2. The number of rotatable bonds is 4. The predicted molar refractivity (Wildman–Crippen MR) is 91.2 cm³/mol. The summed E-state index contributed by atoms with van der Waals surface area (Å²) in [6.45, 7) is 3.23. The van der Waals surface area contributed by atoms with Crippen molar-refractivity contribution in [3.63, 3.8) is 0 Å². The Morgan fingerprint density at radius 2 is 1.95 bits per heavy atom. The molecule has 0 atom stereocenters. The first-order valence-corrected chi connectivity index (χ1v) is 8.58. The van der Waals surface area contributed by atoms with Crippen LogP contribution in [0.25, 0.3) is 10.9 Å². The number of halogens is 1. The smallest absolute Gasteiger partial charge is 0.133 e. The maximum Gasteiger partial charge on any atom is 0.133 e. The molecular formula is C18H23ClN2. The van der Waals surface area contributed by atoms with Gasteiger partial charge in [-0.3, -0.25) is 0 Å². The minimum Gasteiger partial charge on any atom is -0.354 e. The number of anilines is 1. The summed E-state index contributed by atoms with van der Waals surface area (Å²) in [7, 11) is 0. The topological polar surface area (TPSA) is 16.1 Å². The van der Waals surface area contributed by atoms with Gasteiger partial charge in [0.1, 0.15) is 5.82 Å². The Morgan fingerprint density at radius 1 is 1.19 bits per heavy atom. The molecule has 0 saturated heterocycles. The number of alkyl halides is 1. The Hall–Kier alpha value is -1.28. The van der Waals surface area contributed by atoms with Crippen LogP contribution in [0, 0.1) is 0 Å². The van der Waals surface area contributed by atoms with E-state index in [9.17, 15) is 0 Å². The molecule has 1 aliphatic rings. The average Bonchev–Trinajstić information content (AvgIpc) is 2.56. The molecule has 3 rings (SSSR count). The normalized spacial score (nSPS) is 16.3. The molecule has 112 valence electrons. The van der Waals surface area contributed by atoms with E-state index in [-0.39, 0.29) is 0 Å². The molecule has 1 saturated carbocycles. The summed E-state index contributed by atoms with van der Waals surface area (Å²) in [6.07, 6.45) is 6.62. The molecule has 0 aliphatic heterocycles. The van der Waals surface area contributed by atoms with Crippen LogP contribution in [-0.4, -0.2) is 17.6 Å². The lowest BCUT2D eigenvalue weighted by Crippen LogP contribution is -2.37. The number of para-hydroxylation sites is 1. The Labute approximate surface area is 132 Å². The van der Waals surface area contributed by atoms with Crippen LogP contribution in [0.3, 0.4) is 0 Å². The van der Waals surface area contributed by atoms with Crippen molar-refractivity contribution in [3.05, 3.63) is 35.9 Å². The van der Waals surface area contributed by atoms with E-state index in [0.717, 1.165) is 23.4 Å². The van der Waals surface area contributed by atoms with Gasteiger partial charge >= 0.3 is 0 Å². The maximum absolute atomic E-state index is 6.21. The van der Waals surface area contributed by atoms with Crippen molar-refractivity contribution in [2.45, 2.75) is 50.9 Å². The fourth-order valence-electron chi connectivity index (χ4n) is 3.47. The molecule has 0 amide bonds. The van der Waals surface area contributed by atoms with Crippen LogP contribution in [0.1, 0.15) is 44.6 Å². The van der Waals surface area contributed by atoms with Crippen LogP contribution < -0.4 is 4.90 Å². The highest BCUT2D eigenvalue weighted by Gasteiger charge is 2.23. The van der Waals surface area contributed by atoms with Gasteiger partial charge in [-0.15, -0.1) is 11.6 Å². The van der Waals surface area contributed by atoms with E-state index in [0.29, 0.717) is 11.9 Å². The second-order valence-corrected chi connectivity index (χ2v) is 6.14. The predicted octanol–water partition coefficient (Wildman–Crippen LogP) is 5.13. The highest BCUT2D eigenvalue weighted by Crippen LogP contribution is 2.31. The van der Waals surface area contributed by atoms with E-state index in [1.54, 1.807) is 0 Å². The van der Waals surface area contributed by atoms with E-state index >= 15 is 0 Å². The standard InChI is InChI=1S/C18H23ClN2/c1-2-21(16-9-4-3-5-10-16)18-15(13-19)12-14-8-6-7-11-17(14)20-18/h6-8,11-12,16H,2-5,9-10,13H2,1H3. The molecule has 0 unspecified atom stereocenters. The first kappa shape index (κ1) is 14.6. The van der Waals surface area contributed by atoms with Crippen LogP contribution in [0.2, 0.25) is 0 Å². The number of hydrogen-bond donors (Lipinski definition) is 0.